The molecule has 1 fully saturated rings. The SMILES string of the molecule is CCCCN1CCC(NCc2cc(Br)ccc2OC)CC1. The minimum absolute atomic E-state index is 0.631. The molecule has 3 nitrogen and oxygen atoms in total. The molecule has 0 radical (unpaired) electrons. The number of halogens is 1. The van der Waals surface area contributed by atoms with Crippen molar-refractivity contribution in [3.05, 3.63) is 28.2 Å². The average molecular weight is 355 g/mol. The number of rotatable bonds is 7. The predicted octanol–water partition coefficient (Wildman–Crippen LogP) is 3.81. The summed E-state index contributed by atoms with van der Waals surface area (Å²) < 4.78 is 6.54. The van der Waals surface area contributed by atoms with Gasteiger partial charge >= 0.3 is 0 Å². The molecular formula is C17H27BrN2O. The van der Waals surface area contributed by atoms with Gasteiger partial charge in [0.05, 0.1) is 7.11 Å². The highest BCUT2D eigenvalue weighted by atomic mass is 79.9. The molecule has 1 heterocycles. The summed E-state index contributed by atoms with van der Waals surface area (Å²) in [4.78, 5) is 2.60. The van der Waals surface area contributed by atoms with Crippen LogP contribution in [0, 0.1) is 0 Å². The van der Waals surface area contributed by atoms with Crippen LogP contribution in [0.4, 0.5) is 0 Å². The van der Waals surface area contributed by atoms with Crippen LogP contribution in [0.3, 0.4) is 0 Å². The van der Waals surface area contributed by atoms with Gasteiger partial charge in [-0.2, -0.15) is 0 Å². The van der Waals surface area contributed by atoms with Gasteiger partial charge in [0.25, 0.3) is 0 Å². The molecular weight excluding hydrogens is 328 g/mol. The Labute approximate surface area is 137 Å². The van der Waals surface area contributed by atoms with Crippen LogP contribution in [0.15, 0.2) is 22.7 Å². The normalized spacial score (nSPS) is 17.1. The number of nitrogens with one attached hydrogen (secondary N) is 1. The number of unbranched alkanes of at least 4 members (excludes halogenated alkanes) is 1. The van der Waals surface area contributed by atoms with Crippen LogP contribution in [-0.4, -0.2) is 37.7 Å². The minimum atomic E-state index is 0.631. The van der Waals surface area contributed by atoms with E-state index in [9.17, 15) is 0 Å². The number of nitrogens with zero attached hydrogens (tertiary/aromatic N) is 1. The van der Waals surface area contributed by atoms with E-state index in [1.54, 1.807) is 7.11 Å². The molecule has 0 aliphatic carbocycles. The molecule has 0 bridgehead atoms. The number of methoxy groups -OCH3 is 1. The first-order valence-electron chi connectivity index (χ1n) is 8.01. The molecule has 0 unspecified atom stereocenters. The third kappa shape index (κ3) is 5.28. The fourth-order valence-corrected chi connectivity index (χ4v) is 3.29. The summed E-state index contributed by atoms with van der Waals surface area (Å²) in [6.07, 6.45) is 5.12. The second-order valence-corrected chi connectivity index (χ2v) is 6.72. The van der Waals surface area contributed by atoms with Gasteiger partial charge in [0.2, 0.25) is 0 Å². The lowest BCUT2D eigenvalue weighted by molar-refractivity contribution is 0.194. The van der Waals surface area contributed by atoms with Gasteiger partial charge in [-0.05, 0) is 57.1 Å². The zero-order valence-corrected chi connectivity index (χ0v) is 14.8. The summed E-state index contributed by atoms with van der Waals surface area (Å²) in [6, 6.07) is 6.82. The summed E-state index contributed by atoms with van der Waals surface area (Å²) >= 11 is 3.53. The monoisotopic (exact) mass is 354 g/mol. The van der Waals surface area contributed by atoms with Crippen LogP contribution in [0.2, 0.25) is 0 Å². The Hall–Kier alpha value is -0.580. The summed E-state index contributed by atoms with van der Waals surface area (Å²) in [7, 11) is 1.74. The molecule has 4 heteroatoms. The number of piperidine rings is 1. The van der Waals surface area contributed by atoms with Crippen molar-refractivity contribution in [1.82, 2.24) is 10.2 Å². The summed E-state index contributed by atoms with van der Waals surface area (Å²) in [5.41, 5.74) is 1.22. The molecule has 0 spiro atoms. The van der Waals surface area contributed by atoms with E-state index >= 15 is 0 Å². The zero-order valence-electron chi connectivity index (χ0n) is 13.2. The lowest BCUT2D eigenvalue weighted by atomic mass is 10.0. The summed E-state index contributed by atoms with van der Waals surface area (Å²) in [5.74, 6) is 0.964. The topological polar surface area (TPSA) is 24.5 Å². The van der Waals surface area contributed by atoms with Crippen molar-refractivity contribution in [2.75, 3.05) is 26.7 Å². The number of likely N-dealkylation sites (tertiary alicyclic amines) is 1. The van der Waals surface area contributed by atoms with Crippen LogP contribution >= 0.6 is 15.9 Å². The Balaban J connectivity index is 1.78. The van der Waals surface area contributed by atoms with Crippen LogP contribution in [0.5, 0.6) is 5.75 Å². The number of benzene rings is 1. The zero-order chi connectivity index (χ0) is 15.1. The van der Waals surface area contributed by atoms with Crippen molar-refractivity contribution in [1.29, 1.82) is 0 Å². The van der Waals surface area contributed by atoms with E-state index in [0.29, 0.717) is 6.04 Å². The maximum atomic E-state index is 5.43. The molecule has 1 aliphatic heterocycles. The molecule has 0 amide bonds. The maximum absolute atomic E-state index is 5.43. The van der Waals surface area contributed by atoms with Gasteiger partial charge in [-0.25, -0.2) is 0 Å². The Kier molecular flexibility index (Phi) is 7.00. The van der Waals surface area contributed by atoms with Gasteiger partial charge in [0.1, 0.15) is 5.75 Å². The highest BCUT2D eigenvalue weighted by Crippen LogP contribution is 2.23. The molecule has 1 aromatic rings. The van der Waals surface area contributed by atoms with Gasteiger partial charge in [-0.3, -0.25) is 0 Å². The molecule has 2 rings (SSSR count). The molecule has 1 N–H and O–H groups in total. The number of hydrogen-bond donors (Lipinski definition) is 1. The van der Waals surface area contributed by atoms with E-state index in [2.05, 4.69) is 39.1 Å². The van der Waals surface area contributed by atoms with Gasteiger partial charge in [0, 0.05) is 22.6 Å². The number of ether oxygens (including phenoxy) is 1. The van der Waals surface area contributed by atoms with Crippen molar-refractivity contribution in [2.45, 2.75) is 45.2 Å². The first kappa shape index (κ1) is 16.8. The second kappa shape index (κ2) is 8.76. The number of hydrogen-bond acceptors (Lipinski definition) is 3. The fraction of sp³-hybridized carbons (Fsp3) is 0.647. The Bertz CT molecular complexity index is 431. The molecule has 0 saturated carbocycles. The molecule has 118 valence electrons. The van der Waals surface area contributed by atoms with E-state index in [1.165, 1.54) is 50.9 Å². The minimum Gasteiger partial charge on any atom is -0.496 e. The lowest BCUT2D eigenvalue weighted by Crippen LogP contribution is -2.42. The standard InChI is InChI=1S/C17H27BrN2O/c1-3-4-9-20-10-7-16(8-11-20)19-13-14-12-15(18)5-6-17(14)21-2/h5-6,12,16,19H,3-4,7-11,13H2,1-2H3. The highest BCUT2D eigenvalue weighted by Gasteiger charge is 2.18. The average Bonchev–Trinajstić information content (AvgIpc) is 2.52. The van der Waals surface area contributed by atoms with E-state index in [0.717, 1.165) is 16.8 Å². The van der Waals surface area contributed by atoms with Crippen LogP contribution in [0.1, 0.15) is 38.2 Å². The Morgan fingerprint density at radius 1 is 1.33 bits per heavy atom. The molecule has 1 aromatic carbocycles. The third-order valence-corrected chi connectivity index (χ3v) is 4.73. The largest absolute Gasteiger partial charge is 0.496 e. The summed E-state index contributed by atoms with van der Waals surface area (Å²) in [5, 5.41) is 3.69. The van der Waals surface area contributed by atoms with Crippen molar-refractivity contribution in [2.24, 2.45) is 0 Å². The van der Waals surface area contributed by atoms with Crippen LogP contribution in [-0.2, 0) is 6.54 Å². The van der Waals surface area contributed by atoms with Gasteiger partial charge in [0.15, 0.2) is 0 Å². The van der Waals surface area contributed by atoms with E-state index in [-0.39, 0.29) is 0 Å². The van der Waals surface area contributed by atoms with Gasteiger partial charge < -0.3 is 15.0 Å². The second-order valence-electron chi connectivity index (χ2n) is 5.81. The maximum Gasteiger partial charge on any atom is 0.123 e. The third-order valence-electron chi connectivity index (χ3n) is 4.24. The first-order valence-corrected chi connectivity index (χ1v) is 8.80. The van der Waals surface area contributed by atoms with E-state index < -0.39 is 0 Å². The molecule has 21 heavy (non-hydrogen) atoms. The highest BCUT2D eigenvalue weighted by molar-refractivity contribution is 9.10. The van der Waals surface area contributed by atoms with Crippen molar-refractivity contribution in [3.8, 4) is 5.75 Å². The molecule has 1 saturated heterocycles. The van der Waals surface area contributed by atoms with Crippen LogP contribution < -0.4 is 10.1 Å². The van der Waals surface area contributed by atoms with Crippen LogP contribution in [0.25, 0.3) is 0 Å². The predicted molar refractivity (Wildman–Crippen MR) is 91.9 cm³/mol. The van der Waals surface area contributed by atoms with E-state index in [4.69, 9.17) is 4.74 Å². The first-order chi connectivity index (χ1) is 10.2. The molecule has 1 aliphatic rings. The fourth-order valence-electron chi connectivity index (χ4n) is 2.88. The molecule has 0 aromatic heterocycles. The Morgan fingerprint density at radius 2 is 2.10 bits per heavy atom. The smallest absolute Gasteiger partial charge is 0.123 e. The Morgan fingerprint density at radius 3 is 2.76 bits per heavy atom. The molecule has 0 atom stereocenters. The lowest BCUT2D eigenvalue weighted by Gasteiger charge is -2.32. The van der Waals surface area contributed by atoms with E-state index in [1.807, 2.05) is 12.1 Å². The van der Waals surface area contributed by atoms with Crippen molar-refractivity contribution < 1.29 is 4.74 Å². The van der Waals surface area contributed by atoms with Crippen molar-refractivity contribution >= 4 is 15.9 Å². The quantitative estimate of drug-likeness (QED) is 0.805. The van der Waals surface area contributed by atoms with Gasteiger partial charge in [-0.1, -0.05) is 29.3 Å². The van der Waals surface area contributed by atoms with Crippen molar-refractivity contribution in [3.63, 3.8) is 0 Å². The van der Waals surface area contributed by atoms with Gasteiger partial charge in [-0.15, -0.1) is 0 Å². The summed E-state index contributed by atoms with van der Waals surface area (Å²) in [6.45, 7) is 6.87.